The fourth-order valence-electron chi connectivity index (χ4n) is 2.51. The summed E-state index contributed by atoms with van der Waals surface area (Å²) in [4.78, 5) is 23.7. The van der Waals surface area contributed by atoms with E-state index in [0.29, 0.717) is 16.3 Å². The minimum Gasteiger partial charge on any atom is -0.481 e. The van der Waals surface area contributed by atoms with Crippen molar-refractivity contribution in [2.24, 2.45) is 0 Å². The number of carboxylic acids is 1. The van der Waals surface area contributed by atoms with Gasteiger partial charge in [0.1, 0.15) is 0 Å². The lowest BCUT2D eigenvalue weighted by Gasteiger charge is -2.06. The number of benzene rings is 2. The van der Waals surface area contributed by atoms with E-state index in [1.54, 1.807) is 25.1 Å². The molecule has 0 bridgehead atoms. The molecule has 0 radical (unpaired) electrons. The van der Waals surface area contributed by atoms with Gasteiger partial charge in [0.05, 0.1) is 5.92 Å². The van der Waals surface area contributed by atoms with Gasteiger partial charge in [-0.1, -0.05) is 54.6 Å². The van der Waals surface area contributed by atoms with Crippen molar-refractivity contribution in [2.75, 3.05) is 0 Å². The van der Waals surface area contributed by atoms with E-state index in [4.69, 9.17) is 5.11 Å². The van der Waals surface area contributed by atoms with Crippen molar-refractivity contribution in [1.82, 2.24) is 0 Å². The summed E-state index contributed by atoms with van der Waals surface area (Å²) >= 11 is 0. The molecule has 0 fully saturated rings. The van der Waals surface area contributed by atoms with Gasteiger partial charge in [0, 0.05) is 10.8 Å². The molecule has 1 atom stereocenters. The molecule has 0 saturated carbocycles. The van der Waals surface area contributed by atoms with Crippen LogP contribution in [-0.4, -0.2) is 11.1 Å². The topological polar surface area (TPSA) is 54.4 Å². The van der Waals surface area contributed by atoms with Crippen LogP contribution >= 0.6 is 0 Å². The molecule has 0 aliphatic carbocycles. The molecule has 3 nitrogen and oxygen atoms in total. The standard InChI is InChI=1S/C18H14O3/c1-11(18(20)21)13-8-9-16-14(10-13)7-6-12-4-2-3-5-15(12)17(16)19/h2-11H,1H3,(H,20,21)/t11-/m0/s1. The zero-order chi connectivity index (χ0) is 15.0. The molecule has 0 aromatic heterocycles. The van der Waals surface area contributed by atoms with Gasteiger partial charge in [-0.15, -0.1) is 0 Å². The Bertz CT molecular complexity index is 913. The van der Waals surface area contributed by atoms with Crippen molar-refractivity contribution >= 4 is 27.5 Å². The summed E-state index contributed by atoms with van der Waals surface area (Å²) in [6.45, 7) is 1.64. The SMILES string of the molecule is C[C@H](C(=O)O)c1ccc2c(=O)c3ccccc3ccc2c1. The molecule has 3 rings (SSSR count). The summed E-state index contributed by atoms with van der Waals surface area (Å²) in [5, 5.41) is 12.0. The van der Waals surface area contributed by atoms with Gasteiger partial charge in [0.2, 0.25) is 0 Å². The Kier molecular flexibility index (Phi) is 3.18. The molecule has 0 saturated heterocycles. The number of hydrogen-bond donors (Lipinski definition) is 1. The average molecular weight is 278 g/mol. The van der Waals surface area contributed by atoms with E-state index < -0.39 is 11.9 Å². The third kappa shape index (κ3) is 2.27. The average Bonchev–Trinajstić information content (AvgIpc) is 2.64. The van der Waals surface area contributed by atoms with E-state index >= 15 is 0 Å². The van der Waals surface area contributed by atoms with E-state index in [2.05, 4.69) is 0 Å². The zero-order valence-electron chi connectivity index (χ0n) is 11.5. The Hall–Kier alpha value is -2.68. The van der Waals surface area contributed by atoms with Crippen LogP contribution in [-0.2, 0) is 4.79 Å². The number of fused-ring (bicyclic) bond motifs is 2. The third-order valence-electron chi connectivity index (χ3n) is 3.84. The fourth-order valence-corrected chi connectivity index (χ4v) is 2.51. The second kappa shape index (κ2) is 5.02. The van der Waals surface area contributed by atoms with Crippen LogP contribution in [0, 0.1) is 0 Å². The molecule has 0 aliphatic heterocycles. The Balaban J connectivity index is 2.36. The van der Waals surface area contributed by atoms with Crippen molar-refractivity contribution in [3.8, 4) is 0 Å². The van der Waals surface area contributed by atoms with Gasteiger partial charge < -0.3 is 5.11 Å². The molecule has 0 spiro atoms. The van der Waals surface area contributed by atoms with Crippen LogP contribution in [0.2, 0.25) is 0 Å². The summed E-state index contributed by atoms with van der Waals surface area (Å²) in [5.41, 5.74) is 0.671. The highest BCUT2D eigenvalue weighted by Gasteiger charge is 2.14. The number of rotatable bonds is 2. The highest BCUT2D eigenvalue weighted by molar-refractivity contribution is 5.93. The third-order valence-corrected chi connectivity index (χ3v) is 3.84. The maximum atomic E-state index is 12.6. The highest BCUT2D eigenvalue weighted by Crippen LogP contribution is 2.21. The molecule has 0 aliphatic rings. The van der Waals surface area contributed by atoms with Gasteiger partial charge in [-0.25, -0.2) is 0 Å². The van der Waals surface area contributed by atoms with Crippen LogP contribution in [0.4, 0.5) is 0 Å². The normalized spacial score (nSPS) is 12.4. The quantitative estimate of drug-likeness (QED) is 0.780. The number of aliphatic carboxylic acids is 1. The molecule has 3 heteroatoms. The smallest absolute Gasteiger partial charge is 0.310 e. The molecule has 1 N–H and O–H groups in total. The second-order valence-corrected chi connectivity index (χ2v) is 5.16. The predicted molar refractivity (Wildman–Crippen MR) is 83.8 cm³/mol. The van der Waals surface area contributed by atoms with Gasteiger partial charge in [0.25, 0.3) is 0 Å². The summed E-state index contributed by atoms with van der Waals surface area (Å²) < 4.78 is 0. The van der Waals surface area contributed by atoms with E-state index in [9.17, 15) is 9.59 Å². The van der Waals surface area contributed by atoms with Crippen LogP contribution in [0.25, 0.3) is 21.5 Å². The van der Waals surface area contributed by atoms with Crippen LogP contribution in [0.3, 0.4) is 0 Å². The van der Waals surface area contributed by atoms with E-state index in [1.807, 2.05) is 36.4 Å². The first-order valence-corrected chi connectivity index (χ1v) is 6.76. The van der Waals surface area contributed by atoms with Crippen molar-refractivity contribution < 1.29 is 9.90 Å². The minimum absolute atomic E-state index is 0.0277. The lowest BCUT2D eigenvalue weighted by Crippen LogP contribution is -2.07. The number of carboxylic acid groups (broad SMARTS) is 1. The Morgan fingerprint density at radius 3 is 2.38 bits per heavy atom. The number of hydrogen-bond acceptors (Lipinski definition) is 2. The monoisotopic (exact) mass is 278 g/mol. The van der Waals surface area contributed by atoms with Crippen molar-refractivity contribution in [1.29, 1.82) is 0 Å². The summed E-state index contributed by atoms with van der Waals surface area (Å²) in [7, 11) is 0. The predicted octanol–water partition coefficient (Wildman–Crippen LogP) is 3.54. The molecular weight excluding hydrogens is 264 g/mol. The summed E-state index contributed by atoms with van der Waals surface area (Å²) in [6.07, 6.45) is 0. The maximum Gasteiger partial charge on any atom is 0.310 e. The molecule has 104 valence electrons. The van der Waals surface area contributed by atoms with E-state index in [0.717, 1.165) is 10.8 Å². The van der Waals surface area contributed by atoms with E-state index in [-0.39, 0.29) is 5.43 Å². The first kappa shape index (κ1) is 13.3. The first-order valence-electron chi connectivity index (χ1n) is 6.76. The Labute approximate surface area is 121 Å². The maximum absolute atomic E-state index is 12.6. The first-order chi connectivity index (χ1) is 10.1. The fraction of sp³-hybridized carbons (Fsp3) is 0.111. The van der Waals surface area contributed by atoms with Crippen LogP contribution < -0.4 is 5.43 Å². The van der Waals surface area contributed by atoms with E-state index in [1.165, 1.54) is 0 Å². The highest BCUT2D eigenvalue weighted by atomic mass is 16.4. The van der Waals surface area contributed by atoms with Crippen molar-refractivity contribution in [2.45, 2.75) is 12.8 Å². The second-order valence-electron chi connectivity index (χ2n) is 5.16. The summed E-state index contributed by atoms with van der Waals surface area (Å²) in [5.74, 6) is -1.47. The van der Waals surface area contributed by atoms with Crippen molar-refractivity contribution in [3.63, 3.8) is 0 Å². The molecular formula is C18H14O3. The molecule has 21 heavy (non-hydrogen) atoms. The van der Waals surface area contributed by atoms with Crippen LogP contribution in [0.15, 0.2) is 59.4 Å². The number of carbonyl (C=O) groups is 1. The zero-order valence-corrected chi connectivity index (χ0v) is 11.5. The molecule has 3 aromatic rings. The van der Waals surface area contributed by atoms with Crippen molar-refractivity contribution in [3.05, 3.63) is 70.4 Å². The molecule has 3 aromatic carbocycles. The van der Waals surface area contributed by atoms with Gasteiger partial charge in [-0.05, 0) is 23.3 Å². The minimum atomic E-state index is -0.873. The van der Waals surface area contributed by atoms with Crippen LogP contribution in [0.1, 0.15) is 18.4 Å². The van der Waals surface area contributed by atoms with Gasteiger partial charge in [-0.2, -0.15) is 0 Å². The Morgan fingerprint density at radius 1 is 0.952 bits per heavy atom. The van der Waals surface area contributed by atoms with Gasteiger partial charge in [0.15, 0.2) is 5.43 Å². The van der Waals surface area contributed by atoms with Gasteiger partial charge >= 0.3 is 5.97 Å². The Morgan fingerprint density at radius 2 is 1.62 bits per heavy atom. The molecule has 0 unspecified atom stereocenters. The lowest BCUT2D eigenvalue weighted by molar-refractivity contribution is -0.138. The largest absolute Gasteiger partial charge is 0.481 e. The van der Waals surface area contributed by atoms with Crippen LogP contribution in [0.5, 0.6) is 0 Å². The molecule has 0 amide bonds. The lowest BCUT2D eigenvalue weighted by atomic mass is 9.99. The van der Waals surface area contributed by atoms with Gasteiger partial charge in [-0.3, -0.25) is 9.59 Å². The summed E-state index contributed by atoms with van der Waals surface area (Å²) in [6, 6.07) is 16.4. The molecule has 0 heterocycles.